The molecule has 0 aromatic carbocycles. The molecule has 0 bridgehead atoms. The summed E-state index contributed by atoms with van der Waals surface area (Å²) in [5.41, 5.74) is 4.09. The first-order valence-corrected chi connectivity index (χ1v) is 5.57. The molecule has 0 aliphatic heterocycles. The zero-order chi connectivity index (χ0) is 4.99. The maximum Gasteiger partial charge on any atom is 0.267 e. The quantitative estimate of drug-likeness (QED) is 0.294. The Morgan fingerprint density at radius 2 is 2.17 bits per heavy atom. The van der Waals surface area contributed by atoms with Crippen molar-refractivity contribution in [2.24, 2.45) is 0 Å². The van der Waals surface area contributed by atoms with E-state index >= 15 is 0 Å². The Morgan fingerprint density at radius 3 is 2.17 bits per heavy atom. The highest BCUT2D eigenvalue weighted by Gasteiger charge is 1.88. The van der Waals surface area contributed by atoms with Crippen LogP contribution in [-0.4, -0.2) is 7.42 Å². The van der Waals surface area contributed by atoms with Gasteiger partial charge in [0.15, 0.2) is 0 Å². The lowest BCUT2D eigenvalue weighted by atomic mass is 11.0. The van der Waals surface area contributed by atoms with Crippen LogP contribution >= 0.6 is 22.2 Å². The highest BCUT2D eigenvalue weighted by molar-refractivity contribution is 7.36. The number of hydrogen-bond donors (Lipinski definition) is 0. The van der Waals surface area contributed by atoms with E-state index in [0.717, 1.165) is 0 Å². The Bertz CT molecular complexity index is 72.9. The summed E-state index contributed by atoms with van der Waals surface area (Å²) < 4.78 is 0. The second kappa shape index (κ2) is 3.50. The van der Waals surface area contributed by atoms with Crippen LogP contribution in [0.4, 0.5) is 0 Å². The molecule has 0 saturated carbocycles. The molecule has 0 aliphatic rings. The van der Waals surface area contributed by atoms with Crippen molar-refractivity contribution in [2.45, 2.75) is 0 Å². The molecule has 0 aliphatic carbocycles. The van der Waals surface area contributed by atoms with E-state index in [9.17, 15) is 0 Å². The molecule has 0 nitrogen and oxygen atoms in total. The third-order valence-electron chi connectivity index (χ3n) is 0.244. The molecule has 0 spiro atoms. The first-order valence-electron chi connectivity index (χ1n) is 1.41. The molecule has 0 saturated heterocycles. The second-order valence-corrected chi connectivity index (χ2v) is 5.20. The van der Waals surface area contributed by atoms with Gasteiger partial charge in [-0.15, -0.1) is 27.9 Å². The third-order valence-corrected chi connectivity index (χ3v) is 1.49. The van der Waals surface area contributed by atoms with Crippen molar-refractivity contribution in [1.82, 2.24) is 0 Å². The van der Waals surface area contributed by atoms with Crippen LogP contribution in [0.5, 0.6) is 0 Å². The highest BCUT2D eigenvalue weighted by atomic mass is 35.7. The lowest BCUT2D eigenvalue weighted by Crippen LogP contribution is -1.79. The molecule has 0 N–H and O–H groups in total. The van der Waals surface area contributed by atoms with Gasteiger partial charge in [0.05, 0.1) is 0 Å². The van der Waals surface area contributed by atoms with Crippen LogP contribution in [0.25, 0.3) is 0 Å². The van der Waals surface area contributed by atoms with Gasteiger partial charge in [-0.05, 0) is 5.70 Å². The number of hydrogen-bond acceptors (Lipinski definition) is 0. The molecule has 0 unspecified atom stereocenters. The molecule has 0 fully saturated rings. The first kappa shape index (κ1) is 6.32. The fourth-order valence-corrected chi connectivity index (χ4v) is 0.802. The summed E-state index contributed by atoms with van der Waals surface area (Å²) in [6.07, 6.45) is 0. The van der Waals surface area contributed by atoms with E-state index in [4.69, 9.17) is 22.2 Å². The van der Waals surface area contributed by atoms with Gasteiger partial charge in [-0.3, -0.25) is 0 Å². The lowest BCUT2D eigenvalue weighted by molar-refractivity contribution is 2.40. The Kier molecular flexibility index (Phi) is 3.69. The molecule has 0 rings (SSSR count). The van der Waals surface area contributed by atoms with E-state index in [-0.39, 0.29) is 0 Å². The molecule has 0 atom stereocenters. The number of halogens is 2. The van der Waals surface area contributed by atoms with E-state index in [1.165, 1.54) is 0 Å². The average Bonchev–Trinajstić information content (AvgIpc) is 1.35. The molecule has 0 heterocycles. The standard InChI is InChI=1S/C3H4Cl2Si/c1-2-3-6(4)5/h3,6H,1H2. The molecule has 0 radical (unpaired) electrons. The minimum Gasteiger partial charge on any atom is -0.144 e. The van der Waals surface area contributed by atoms with Crippen LogP contribution in [0, 0.1) is 0 Å². The summed E-state index contributed by atoms with van der Waals surface area (Å²) >= 11 is 10.6. The maximum atomic E-state index is 5.32. The maximum absolute atomic E-state index is 5.32. The minimum absolute atomic E-state index is 1.52. The van der Waals surface area contributed by atoms with Crippen LogP contribution in [0.15, 0.2) is 18.0 Å². The highest BCUT2D eigenvalue weighted by Crippen LogP contribution is 1.93. The van der Waals surface area contributed by atoms with E-state index in [1.54, 1.807) is 5.70 Å². The van der Waals surface area contributed by atoms with Gasteiger partial charge in [0.2, 0.25) is 0 Å². The fourth-order valence-electron chi connectivity index (χ4n) is 0.0891. The van der Waals surface area contributed by atoms with Gasteiger partial charge in [0.1, 0.15) is 0 Å². The monoisotopic (exact) mass is 138 g/mol. The van der Waals surface area contributed by atoms with Gasteiger partial charge >= 0.3 is 0 Å². The van der Waals surface area contributed by atoms with Crippen molar-refractivity contribution < 1.29 is 0 Å². The molecular formula is C3H4Cl2Si. The Morgan fingerprint density at radius 1 is 1.67 bits per heavy atom. The Labute approximate surface area is 48.1 Å². The topological polar surface area (TPSA) is 0 Å². The van der Waals surface area contributed by atoms with Crippen LogP contribution in [0.3, 0.4) is 0 Å². The van der Waals surface area contributed by atoms with Gasteiger partial charge in [-0.1, -0.05) is 6.58 Å². The normalized spacial score (nSPS) is 7.83. The number of rotatable bonds is 1. The van der Waals surface area contributed by atoms with Gasteiger partial charge in [-0.2, -0.15) is 0 Å². The summed E-state index contributed by atoms with van der Waals surface area (Å²) in [5, 5.41) is 0. The summed E-state index contributed by atoms with van der Waals surface area (Å²) in [7, 11) is -1.52. The van der Waals surface area contributed by atoms with E-state index in [1.807, 2.05) is 0 Å². The largest absolute Gasteiger partial charge is 0.267 e. The van der Waals surface area contributed by atoms with Gasteiger partial charge < -0.3 is 0 Å². The summed E-state index contributed by atoms with van der Waals surface area (Å²) in [6, 6.07) is 0. The predicted octanol–water partition coefficient (Wildman–Crippen LogP) is 1.56. The summed E-state index contributed by atoms with van der Waals surface area (Å²) in [4.78, 5) is 0. The molecule has 0 aromatic rings. The molecule has 34 valence electrons. The van der Waals surface area contributed by atoms with Crippen LogP contribution in [0.1, 0.15) is 0 Å². The minimum atomic E-state index is -1.52. The van der Waals surface area contributed by atoms with Crippen LogP contribution in [0.2, 0.25) is 0 Å². The summed E-state index contributed by atoms with van der Waals surface area (Å²) in [6.45, 7) is 3.29. The average molecular weight is 139 g/mol. The zero-order valence-corrected chi connectivity index (χ0v) is 5.78. The SMILES string of the molecule is C=C=C[SiH](Cl)Cl. The first-order chi connectivity index (χ1) is 2.77. The van der Waals surface area contributed by atoms with Crippen molar-refractivity contribution in [3.63, 3.8) is 0 Å². The molecular weight excluding hydrogens is 135 g/mol. The van der Waals surface area contributed by atoms with Gasteiger partial charge in [-0.25, -0.2) is 0 Å². The molecule has 0 aromatic heterocycles. The van der Waals surface area contributed by atoms with Crippen LogP contribution in [-0.2, 0) is 0 Å². The smallest absolute Gasteiger partial charge is 0.144 e. The molecule has 3 heteroatoms. The van der Waals surface area contributed by atoms with Crippen molar-refractivity contribution >= 4 is 29.6 Å². The van der Waals surface area contributed by atoms with E-state index in [2.05, 4.69) is 12.3 Å². The van der Waals surface area contributed by atoms with E-state index < -0.39 is 7.42 Å². The van der Waals surface area contributed by atoms with Crippen LogP contribution < -0.4 is 0 Å². The molecule has 6 heavy (non-hydrogen) atoms. The third kappa shape index (κ3) is 4.32. The Hall–Kier alpha value is 0.317. The lowest BCUT2D eigenvalue weighted by Gasteiger charge is -1.74. The fraction of sp³-hybridized carbons (Fsp3) is 0. The van der Waals surface area contributed by atoms with Gasteiger partial charge in [0.25, 0.3) is 7.42 Å². The van der Waals surface area contributed by atoms with Gasteiger partial charge in [0, 0.05) is 0 Å². The summed E-state index contributed by atoms with van der Waals surface area (Å²) in [5.74, 6) is 0. The molecule has 0 amide bonds. The van der Waals surface area contributed by atoms with Crippen molar-refractivity contribution in [2.75, 3.05) is 0 Å². The Balaban J connectivity index is 3.29. The van der Waals surface area contributed by atoms with Crippen molar-refractivity contribution in [3.8, 4) is 0 Å². The van der Waals surface area contributed by atoms with Crippen molar-refractivity contribution in [1.29, 1.82) is 0 Å². The second-order valence-electron chi connectivity index (χ2n) is 0.705. The van der Waals surface area contributed by atoms with E-state index in [0.29, 0.717) is 0 Å². The zero-order valence-electron chi connectivity index (χ0n) is 3.12. The predicted molar refractivity (Wildman–Crippen MR) is 32.6 cm³/mol. The van der Waals surface area contributed by atoms with Crippen molar-refractivity contribution in [3.05, 3.63) is 18.0 Å².